The molecule has 1 rings (SSSR count). The summed E-state index contributed by atoms with van der Waals surface area (Å²) in [7, 11) is 0. The molecule has 16 heavy (non-hydrogen) atoms. The van der Waals surface area contributed by atoms with Crippen LogP contribution in [-0.4, -0.2) is 17.2 Å². The average Bonchev–Trinajstić information content (AvgIpc) is 2.21. The van der Waals surface area contributed by atoms with Gasteiger partial charge in [0.1, 0.15) is 5.60 Å². The summed E-state index contributed by atoms with van der Waals surface area (Å²) in [4.78, 5) is 11.3. The van der Waals surface area contributed by atoms with Crippen molar-refractivity contribution in [3.05, 3.63) is 11.6 Å². The molecule has 0 amide bonds. The highest BCUT2D eigenvalue weighted by Gasteiger charge is 2.39. The molecule has 0 aromatic carbocycles. The minimum absolute atomic E-state index is 0.149. The highest BCUT2D eigenvalue weighted by molar-refractivity contribution is 6.28. The molecule has 1 unspecified atom stereocenters. The van der Waals surface area contributed by atoms with Gasteiger partial charge in [-0.05, 0) is 25.7 Å². The topological polar surface area (TPSA) is 26.3 Å². The van der Waals surface area contributed by atoms with Crippen LogP contribution in [0.2, 0.25) is 0 Å². The summed E-state index contributed by atoms with van der Waals surface area (Å²) in [6, 6.07) is 0. The van der Waals surface area contributed by atoms with Gasteiger partial charge in [-0.25, -0.2) is 9.18 Å². The smallest absolute Gasteiger partial charge is 0.357 e. The van der Waals surface area contributed by atoms with Gasteiger partial charge >= 0.3 is 5.97 Å². The predicted molar refractivity (Wildman–Crippen MR) is 62.0 cm³/mol. The van der Waals surface area contributed by atoms with Crippen LogP contribution in [0.1, 0.15) is 40.0 Å². The molecule has 0 N–H and O–H groups in total. The Morgan fingerprint density at radius 2 is 2.25 bits per heavy atom. The molecule has 0 aromatic rings. The maximum atomic E-state index is 12.6. The normalized spacial score (nSPS) is 27.5. The zero-order valence-electron chi connectivity index (χ0n) is 9.93. The number of halogens is 2. The Bertz CT molecular complexity index is 299. The lowest BCUT2D eigenvalue weighted by Crippen LogP contribution is -2.42. The van der Waals surface area contributed by atoms with Crippen LogP contribution in [0.5, 0.6) is 0 Å². The molecule has 1 aliphatic rings. The standard InChI is InChI=1S/C12H18ClFO2/c1-8(2)12(16-11(15)10(13)14)6-4-9(3)5-7-12/h4,8,10H,5-7H2,1-3H3/t10?,12-/m1/s1. The Morgan fingerprint density at radius 1 is 1.62 bits per heavy atom. The van der Waals surface area contributed by atoms with Crippen LogP contribution in [-0.2, 0) is 9.53 Å². The van der Waals surface area contributed by atoms with E-state index in [2.05, 4.69) is 6.08 Å². The van der Waals surface area contributed by atoms with Crippen LogP contribution in [0.15, 0.2) is 11.6 Å². The van der Waals surface area contributed by atoms with Crippen molar-refractivity contribution in [3.8, 4) is 0 Å². The first-order valence-electron chi connectivity index (χ1n) is 5.54. The van der Waals surface area contributed by atoms with E-state index >= 15 is 0 Å². The van der Waals surface area contributed by atoms with E-state index in [1.54, 1.807) is 0 Å². The first-order chi connectivity index (χ1) is 7.37. The van der Waals surface area contributed by atoms with E-state index in [0.29, 0.717) is 6.42 Å². The zero-order valence-corrected chi connectivity index (χ0v) is 10.7. The van der Waals surface area contributed by atoms with E-state index in [1.165, 1.54) is 5.57 Å². The van der Waals surface area contributed by atoms with Gasteiger partial charge in [0, 0.05) is 6.42 Å². The second-order valence-electron chi connectivity index (χ2n) is 4.70. The van der Waals surface area contributed by atoms with Crippen LogP contribution in [0.25, 0.3) is 0 Å². The van der Waals surface area contributed by atoms with Crippen molar-refractivity contribution < 1.29 is 13.9 Å². The van der Waals surface area contributed by atoms with Gasteiger partial charge in [-0.2, -0.15) is 0 Å². The zero-order chi connectivity index (χ0) is 12.3. The van der Waals surface area contributed by atoms with Crippen LogP contribution < -0.4 is 0 Å². The highest BCUT2D eigenvalue weighted by atomic mass is 35.5. The third-order valence-electron chi connectivity index (χ3n) is 3.27. The minimum Gasteiger partial charge on any atom is -0.455 e. The summed E-state index contributed by atoms with van der Waals surface area (Å²) in [6.07, 6.45) is 4.32. The summed E-state index contributed by atoms with van der Waals surface area (Å²) in [5, 5.41) is 0. The average molecular weight is 249 g/mol. The van der Waals surface area contributed by atoms with Crippen molar-refractivity contribution in [2.45, 2.75) is 51.3 Å². The molecule has 2 atom stereocenters. The molecule has 0 saturated carbocycles. The molecule has 92 valence electrons. The Balaban J connectivity index is 2.79. The number of ether oxygens (including phenoxy) is 1. The number of alkyl halides is 2. The Kier molecular flexibility index (Phi) is 4.36. The summed E-state index contributed by atoms with van der Waals surface area (Å²) in [5.41, 5.74) is -1.37. The van der Waals surface area contributed by atoms with Crippen molar-refractivity contribution in [1.82, 2.24) is 0 Å². The van der Waals surface area contributed by atoms with Gasteiger partial charge in [0.25, 0.3) is 5.63 Å². The third-order valence-corrected chi connectivity index (χ3v) is 3.45. The fourth-order valence-electron chi connectivity index (χ4n) is 1.94. The number of esters is 1. The molecule has 0 aromatic heterocycles. The van der Waals surface area contributed by atoms with Gasteiger partial charge in [0.15, 0.2) is 0 Å². The van der Waals surface area contributed by atoms with E-state index in [9.17, 15) is 9.18 Å². The summed E-state index contributed by atoms with van der Waals surface area (Å²) < 4.78 is 17.9. The van der Waals surface area contributed by atoms with E-state index in [0.717, 1.165) is 12.8 Å². The fourth-order valence-corrected chi connectivity index (χ4v) is 1.98. The SMILES string of the molecule is CC1=CC[C@](OC(=O)C(F)Cl)(C(C)C)CC1. The molecule has 0 bridgehead atoms. The fraction of sp³-hybridized carbons (Fsp3) is 0.750. The van der Waals surface area contributed by atoms with Crippen molar-refractivity contribution in [2.75, 3.05) is 0 Å². The van der Waals surface area contributed by atoms with E-state index in [-0.39, 0.29) is 5.92 Å². The molecule has 0 radical (unpaired) electrons. The molecule has 0 aliphatic heterocycles. The van der Waals surface area contributed by atoms with Crippen LogP contribution >= 0.6 is 11.6 Å². The lowest BCUT2D eigenvalue weighted by Gasteiger charge is -2.39. The van der Waals surface area contributed by atoms with Crippen molar-refractivity contribution in [1.29, 1.82) is 0 Å². The quantitative estimate of drug-likeness (QED) is 0.433. The second-order valence-corrected chi connectivity index (χ2v) is 5.08. The molecule has 4 heteroatoms. The van der Waals surface area contributed by atoms with Crippen LogP contribution in [0.4, 0.5) is 4.39 Å². The highest BCUT2D eigenvalue weighted by Crippen LogP contribution is 2.37. The number of hydrogen-bond acceptors (Lipinski definition) is 2. The monoisotopic (exact) mass is 248 g/mol. The lowest BCUT2D eigenvalue weighted by molar-refractivity contribution is -0.169. The molecule has 0 spiro atoms. The molecule has 0 heterocycles. The molecule has 0 fully saturated rings. The van der Waals surface area contributed by atoms with Crippen molar-refractivity contribution in [2.24, 2.45) is 5.92 Å². The van der Waals surface area contributed by atoms with Gasteiger partial charge in [-0.15, -0.1) is 0 Å². The van der Waals surface area contributed by atoms with Gasteiger partial charge in [-0.1, -0.05) is 37.1 Å². The molecule has 1 aliphatic carbocycles. The number of hydrogen-bond donors (Lipinski definition) is 0. The number of rotatable bonds is 3. The summed E-state index contributed by atoms with van der Waals surface area (Å²) in [6.45, 7) is 6.00. The van der Waals surface area contributed by atoms with Gasteiger partial charge < -0.3 is 4.74 Å². The molecule has 0 saturated heterocycles. The first kappa shape index (κ1) is 13.5. The molecular weight excluding hydrogens is 231 g/mol. The van der Waals surface area contributed by atoms with E-state index in [1.807, 2.05) is 20.8 Å². The Hall–Kier alpha value is -0.570. The van der Waals surface area contributed by atoms with Crippen molar-refractivity contribution >= 4 is 17.6 Å². The number of carbonyl (C=O) groups is 1. The number of carbonyl (C=O) groups excluding carboxylic acids is 1. The Labute approximate surface area is 101 Å². The number of allylic oxidation sites excluding steroid dienone is 1. The van der Waals surface area contributed by atoms with Crippen LogP contribution in [0.3, 0.4) is 0 Å². The van der Waals surface area contributed by atoms with Gasteiger partial charge in [0.2, 0.25) is 0 Å². The maximum Gasteiger partial charge on any atom is 0.357 e. The van der Waals surface area contributed by atoms with Crippen molar-refractivity contribution in [3.63, 3.8) is 0 Å². The lowest BCUT2D eigenvalue weighted by atomic mass is 9.78. The second kappa shape index (κ2) is 5.17. The summed E-state index contributed by atoms with van der Waals surface area (Å²) >= 11 is 5.09. The molecule has 2 nitrogen and oxygen atoms in total. The Morgan fingerprint density at radius 3 is 2.62 bits per heavy atom. The van der Waals surface area contributed by atoms with Gasteiger partial charge in [0.05, 0.1) is 0 Å². The van der Waals surface area contributed by atoms with Gasteiger partial charge in [-0.3, -0.25) is 0 Å². The predicted octanol–water partition coefficient (Wildman–Crippen LogP) is 3.59. The minimum atomic E-state index is -2.07. The van der Waals surface area contributed by atoms with E-state index < -0.39 is 17.2 Å². The third kappa shape index (κ3) is 2.97. The molecular formula is C12H18ClFO2. The van der Waals surface area contributed by atoms with Crippen LogP contribution in [0, 0.1) is 5.92 Å². The van der Waals surface area contributed by atoms with E-state index in [4.69, 9.17) is 16.3 Å². The first-order valence-corrected chi connectivity index (χ1v) is 5.97. The largest absolute Gasteiger partial charge is 0.455 e. The maximum absolute atomic E-state index is 12.6. The summed E-state index contributed by atoms with van der Waals surface area (Å²) in [5.74, 6) is -0.820.